The zero-order valence-corrected chi connectivity index (χ0v) is 11.2. The number of rotatable bonds is 11. The Hall–Kier alpha value is -0.610. The third-order valence-electron chi connectivity index (χ3n) is 2.92. The Labute approximate surface area is 105 Å². The van der Waals surface area contributed by atoms with E-state index in [9.17, 15) is 4.79 Å². The predicted octanol–water partition coefficient (Wildman–Crippen LogP) is 2.11. The summed E-state index contributed by atoms with van der Waals surface area (Å²) < 4.78 is 0. The summed E-state index contributed by atoms with van der Waals surface area (Å²) in [7, 11) is 0. The molecule has 0 radical (unpaired) electrons. The monoisotopic (exact) mass is 245 g/mol. The molecule has 0 aromatic heterocycles. The lowest BCUT2D eigenvalue weighted by atomic mass is 10.1. The minimum atomic E-state index is -0.711. The van der Waals surface area contributed by atoms with Gasteiger partial charge < -0.3 is 15.1 Å². The maximum absolute atomic E-state index is 10.4. The molecule has 0 aliphatic heterocycles. The first-order valence-corrected chi connectivity index (χ1v) is 6.64. The average Bonchev–Trinajstić information content (AvgIpc) is 2.25. The van der Waals surface area contributed by atoms with Crippen molar-refractivity contribution in [2.45, 2.75) is 58.4 Å². The van der Waals surface area contributed by atoms with Crippen LogP contribution in [0.4, 0.5) is 0 Å². The minimum absolute atomic E-state index is 0.258. The molecule has 0 heterocycles. The van der Waals surface area contributed by atoms with E-state index in [-0.39, 0.29) is 13.0 Å². The topological polar surface area (TPSA) is 60.8 Å². The van der Waals surface area contributed by atoms with E-state index in [0.717, 1.165) is 45.2 Å². The highest BCUT2D eigenvalue weighted by atomic mass is 16.4. The number of carboxylic acid groups (broad SMARTS) is 1. The summed E-state index contributed by atoms with van der Waals surface area (Å²) in [4.78, 5) is 12.8. The van der Waals surface area contributed by atoms with E-state index in [1.54, 1.807) is 0 Å². The van der Waals surface area contributed by atoms with Crippen LogP contribution in [0.5, 0.6) is 0 Å². The van der Waals surface area contributed by atoms with Crippen molar-refractivity contribution in [2.75, 3.05) is 19.7 Å². The molecule has 0 bridgehead atoms. The summed E-state index contributed by atoms with van der Waals surface area (Å²) in [6.45, 7) is 6.47. The Balaban J connectivity index is 3.64. The zero-order chi connectivity index (χ0) is 13.1. The van der Waals surface area contributed by atoms with Gasteiger partial charge in [-0.2, -0.15) is 0 Å². The number of aliphatic hydroxyl groups excluding tert-OH is 1. The van der Waals surface area contributed by atoms with Crippen molar-refractivity contribution in [3.8, 4) is 0 Å². The summed E-state index contributed by atoms with van der Waals surface area (Å²) in [6, 6.07) is 0.474. The van der Waals surface area contributed by atoms with Crippen LogP contribution in [0, 0.1) is 0 Å². The van der Waals surface area contributed by atoms with Crippen molar-refractivity contribution in [1.82, 2.24) is 4.90 Å². The quantitative estimate of drug-likeness (QED) is 0.547. The molecule has 0 saturated heterocycles. The molecule has 0 fully saturated rings. The molecule has 102 valence electrons. The van der Waals surface area contributed by atoms with Crippen LogP contribution in [0.2, 0.25) is 0 Å². The van der Waals surface area contributed by atoms with E-state index in [2.05, 4.69) is 18.7 Å². The molecule has 0 rings (SSSR count). The number of unbranched alkanes of at least 4 members (excludes halogenated alkanes) is 3. The number of nitrogens with zero attached hydrogens (tertiary/aromatic N) is 1. The SMILES string of the molecule is CC(C)N(CCCCCCO)CCCC(=O)O. The second-order valence-corrected chi connectivity index (χ2v) is 4.76. The number of carbonyl (C=O) groups is 1. The van der Waals surface area contributed by atoms with E-state index >= 15 is 0 Å². The second kappa shape index (κ2) is 10.5. The molecule has 0 aliphatic rings. The van der Waals surface area contributed by atoms with Gasteiger partial charge in [0.2, 0.25) is 0 Å². The molecule has 0 aromatic carbocycles. The van der Waals surface area contributed by atoms with Crippen LogP contribution in [0.1, 0.15) is 52.4 Å². The van der Waals surface area contributed by atoms with Gasteiger partial charge in [-0.15, -0.1) is 0 Å². The molecule has 0 unspecified atom stereocenters. The lowest BCUT2D eigenvalue weighted by Gasteiger charge is -2.26. The largest absolute Gasteiger partial charge is 0.481 e. The number of aliphatic carboxylic acids is 1. The Morgan fingerprint density at radius 1 is 1.06 bits per heavy atom. The van der Waals surface area contributed by atoms with Gasteiger partial charge in [0.15, 0.2) is 0 Å². The fraction of sp³-hybridized carbons (Fsp3) is 0.923. The fourth-order valence-electron chi connectivity index (χ4n) is 1.84. The molecule has 4 heteroatoms. The van der Waals surface area contributed by atoms with Crippen molar-refractivity contribution in [1.29, 1.82) is 0 Å². The van der Waals surface area contributed by atoms with Gasteiger partial charge in [-0.3, -0.25) is 4.79 Å². The molecule has 0 atom stereocenters. The first kappa shape index (κ1) is 16.4. The zero-order valence-electron chi connectivity index (χ0n) is 11.2. The summed E-state index contributed by atoms with van der Waals surface area (Å²) >= 11 is 0. The third kappa shape index (κ3) is 10.3. The molecule has 2 N–H and O–H groups in total. The highest BCUT2D eigenvalue weighted by Crippen LogP contribution is 2.06. The smallest absolute Gasteiger partial charge is 0.303 e. The molecule has 4 nitrogen and oxygen atoms in total. The normalized spacial score (nSPS) is 11.4. The van der Waals surface area contributed by atoms with Gasteiger partial charge in [-0.1, -0.05) is 12.8 Å². The van der Waals surface area contributed by atoms with Gasteiger partial charge in [-0.25, -0.2) is 0 Å². The maximum Gasteiger partial charge on any atom is 0.303 e. The number of hydrogen-bond acceptors (Lipinski definition) is 3. The summed E-state index contributed by atoms with van der Waals surface area (Å²) in [5, 5.41) is 17.3. The molecule has 0 aliphatic carbocycles. The van der Waals surface area contributed by atoms with Crippen molar-refractivity contribution in [3.63, 3.8) is 0 Å². The van der Waals surface area contributed by atoms with Crippen molar-refractivity contribution >= 4 is 5.97 Å². The average molecular weight is 245 g/mol. The third-order valence-corrected chi connectivity index (χ3v) is 2.92. The first-order valence-electron chi connectivity index (χ1n) is 6.64. The Kier molecular flexibility index (Phi) is 10.2. The number of aliphatic hydroxyl groups is 1. The van der Waals surface area contributed by atoms with E-state index in [0.29, 0.717) is 6.04 Å². The molecular weight excluding hydrogens is 218 g/mol. The summed E-state index contributed by atoms with van der Waals surface area (Å²) in [5.74, 6) is -0.711. The van der Waals surface area contributed by atoms with Gasteiger partial charge in [0.25, 0.3) is 0 Å². The highest BCUT2D eigenvalue weighted by molar-refractivity contribution is 5.66. The number of carboxylic acids is 1. The number of hydrogen-bond donors (Lipinski definition) is 2. The Morgan fingerprint density at radius 3 is 2.18 bits per heavy atom. The molecule has 0 aromatic rings. The van der Waals surface area contributed by atoms with Gasteiger partial charge >= 0.3 is 5.97 Å². The first-order chi connectivity index (χ1) is 8.07. The van der Waals surface area contributed by atoms with Crippen LogP contribution in [0.3, 0.4) is 0 Å². The Bertz CT molecular complexity index is 195. The summed E-state index contributed by atoms with van der Waals surface area (Å²) in [5.41, 5.74) is 0. The van der Waals surface area contributed by atoms with E-state index in [4.69, 9.17) is 10.2 Å². The van der Waals surface area contributed by atoms with Crippen LogP contribution >= 0.6 is 0 Å². The molecular formula is C13H27NO3. The fourth-order valence-corrected chi connectivity index (χ4v) is 1.84. The summed E-state index contributed by atoms with van der Waals surface area (Å²) in [6.07, 6.45) is 5.23. The minimum Gasteiger partial charge on any atom is -0.481 e. The highest BCUT2D eigenvalue weighted by Gasteiger charge is 2.09. The van der Waals surface area contributed by atoms with Crippen LogP contribution in [-0.2, 0) is 4.79 Å². The van der Waals surface area contributed by atoms with Crippen molar-refractivity contribution < 1.29 is 15.0 Å². The molecule has 0 saturated carbocycles. The standard InChI is InChI=1S/C13H27NO3/c1-12(2)14(10-7-8-13(16)17)9-5-3-4-6-11-15/h12,15H,3-11H2,1-2H3,(H,16,17). The lowest BCUT2D eigenvalue weighted by molar-refractivity contribution is -0.137. The van der Waals surface area contributed by atoms with Gasteiger partial charge in [-0.05, 0) is 46.2 Å². The van der Waals surface area contributed by atoms with E-state index in [1.807, 2.05) is 0 Å². The molecule has 0 amide bonds. The predicted molar refractivity (Wildman–Crippen MR) is 69.1 cm³/mol. The second-order valence-electron chi connectivity index (χ2n) is 4.76. The van der Waals surface area contributed by atoms with Crippen LogP contribution in [-0.4, -0.2) is 46.8 Å². The molecule has 0 spiro atoms. The van der Waals surface area contributed by atoms with Crippen LogP contribution in [0.15, 0.2) is 0 Å². The van der Waals surface area contributed by atoms with Crippen molar-refractivity contribution in [3.05, 3.63) is 0 Å². The van der Waals surface area contributed by atoms with E-state index in [1.165, 1.54) is 0 Å². The van der Waals surface area contributed by atoms with Crippen molar-refractivity contribution in [2.24, 2.45) is 0 Å². The van der Waals surface area contributed by atoms with Crippen LogP contribution < -0.4 is 0 Å². The van der Waals surface area contributed by atoms with Gasteiger partial charge in [0.05, 0.1) is 0 Å². The molecule has 17 heavy (non-hydrogen) atoms. The Morgan fingerprint density at radius 2 is 1.65 bits per heavy atom. The maximum atomic E-state index is 10.4. The van der Waals surface area contributed by atoms with E-state index < -0.39 is 5.97 Å². The van der Waals surface area contributed by atoms with Crippen LogP contribution in [0.25, 0.3) is 0 Å². The lowest BCUT2D eigenvalue weighted by Crippen LogP contribution is -2.33. The van der Waals surface area contributed by atoms with Gasteiger partial charge in [0, 0.05) is 19.1 Å². The van der Waals surface area contributed by atoms with Gasteiger partial charge in [0.1, 0.15) is 0 Å².